The highest BCUT2D eigenvalue weighted by Gasteiger charge is 2.27. The van der Waals surface area contributed by atoms with Crippen molar-refractivity contribution in [1.82, 2.24) is 5.32 Å². The topological polar surface area (TPSA) is 58.6 Å². The molecule has 2 atom stereocenters. The molecule has 1 saturated carbocycles. The minimum atomic E-state index is -0.855. The van der Waals surface area contributed by atoms with E-state index in [1.165, 1.54) is 19.3 Å². The smallest absolute Gasteiger partial charge is 0.407 e. The Morgan fingerprint density at radius 2 is 1.83 bits per heavy atom. The van der Waals surface area contributed by atoms with Gasteiger partial charge in [0, 0.05) is 5.92 Å². The summed E-state index contributed by atoms with van der Waals surface area (Å²) in [5.74, 6) is 6.60. The molecule has 1 aliphatic carbocycles. The quantitative estimate of drug-likeness (QED) is 0.772. The maximum absolute atomic E-state index is 12.1. The van der Waals surface area contributed by atoms with Crippen molar-refractivity contribution >= 4 is 6.09 Å². The van der Waals surface area contributed by atoms with E-state index in [1.54, 1.807) is 0 Å². The number of alkyl carbamates (subject to hydrolysis) is 1. The molecule has 0 heterocycles. The van der Waals surface area contributed by atoms with Crippen molar-refractivity contribution in [1.29, 1.82) is 0 Å². The van der Waals surface area contributed by atoms with Gasteiger partial charge in [0.15, 0.2) is 0 Å². The lowest BCUT2D eigenvalue weighted by Gasteiger charge is -2.29. The van der Waals surface area contributed by atoms with Crippen molar-refractivity contribution in [3.05, 3.63) is 0 Å². The van der Waals surface area contributed by atoms with Crippen molar-refractivity contribution in [3.8, 4) is 11.8 Å². The third-order valence-corrected chi connectivity index (χ3v) is 3.92. The van der Waals surface area contributed by atoms with Crippen LogP contribution in [0.5, 0.6) is 0 Å². The van der Waals surface area contributed by atoms with Crippen LogP contribution >= 0.6 is 0 Å². The van der Waals surface area contributed by atoms with Crippen molar-refractivity contribution in [2.75, 3.05) is 0 Å². The molecule has 1 aliphatic rings. The molecule has 132 valence electrons. The molecule has 4 nitrogen and oxygen atoms in total. The summed E-state index contributed by atoms with van der Waals surface area (Å²) in [6.45, 7) is 9.46. The Bertz CT molecular complexity index is 422. The predicted molar refractivity (Wildman–Crippen MR) is 93.0 cm³/mol. The van der Waals surface area contributed by atoms with Gasteiger partial charge in [-0.15, -0.1) is 0 Å². The maximum Gasteiger partial charge on any atom is 0.407 e. The zero-order valence-corrected chi connectivity index (χ0v) is 15.3. The number of amides is 1. The Kier molecular flexibility index (Phi) is 7.91. The van der Waals surface area contributed by atoms with E-state index in [4.69, 9.17) is 4.74 Å². The second-order valence-electron chi connectivity index (χ2n) is 7.88. The summed E-state index contributed by atoms with van der Waals surface area (Å²) < 4.78 is 5.32. The summed E-state index contributed by atoms with van der Waals surface area (Å²) in [4.78, 5) is 12.1. The molecule has 1 fully saturated rings. The molecule has 0 aliphatic heterocycles. The van der Waals surface area contributed by atoms with Crippen molar-refractivity contribution in [2.45, 2.75) is 90.9 Å². The molecule has 2 unspecified atom stereocenters. The first-order valence-electron chi connectivity index (χ1n) is 8.86. The van der Waals surface area contributed by atoms with Crippen molar-refractivity contribution in [3.63, 3.8) is 0 Å². The Balaban J connectivity index is 2.70. The number of rotatable bonds is 4. The lowest BCUT2D eigenvalue weighted by molar-refractivity contribution is 0.0439. The fraction of sp³-hybridized carbons (Fsp3) is 0.842. The van der Waals surface area contributed by atoms with Gasteiger partial charge in [-0.2, -0.15) is 0 Å². The molecule has 2 N–H and O–H groups in total. The zero-order valence-electron chi connectivity index (χ0n) is 15.3. The minimum absolute atomic E-state index is 0.196. The molecule has 1 amide bonds. The van der Waals surface area contributed by atoms with Crippen LogP contribution < -0.4 is 5.32 Å². The van der Waals surface area contributed by atoms with Crippen LogP contribution in [0, 0.1) is 23.7 Å². The number of hydrogen-bond acceptors (Lipinski definition) is 3. The Labute approximate surface area is 141 Å². The number of aliphatic hydroxyl groups is 1. The SMILES string of the molecule is CC(C)C#CC(O)C(CC1CCCCC1)NC(=O)OC(C)(C)C. The molecule has 0 spiro atoms. The first-order valence-corrected chi connectivity index (χ1v) is 8.86. The van der Waals surface area contributed by atoms with Crippen LogP contribution in [0.15, 0.2) is 0 Å². The van der Waals surface area contributed by atoms with E-state index in [9.17, 15) is 9.90 Å². The Hall–Kier alpha value is -1.21. The Morgan fingerprint density at radius 1 is 1.22 bits per heavy atom. The van der Waals surface area contributed by atoms with E-state index >= 15 is 0 Å². The van der Waals surface area contributed by atoms with Gasteiger partial charge >= 0.3 is 6.09 Å². The summed E-state index contributed by atoms with van der Waals surface area (Å²) in [7, 11) is 0. The maximum atomic E-state index is 12.1. The fourth-order valence-corrected chi connectivity index (χ4v) is 2.86. The third kappa shape index (κ3) is 8.86. The summed E-state index contributed by atoms with van der Waals surface area (Å²) in [5, 5.41) is 13.2. The van der Waals surface area contributed by atoms with Gasteiger partial charge in [0.2, 0.25) is 0 Å². The Morgan fingerprint density at radius 3 is 2.35 bits per heavy atom. The fourth-order valence-electron chi connectivity index (χ4n) is 2.86. The molecule has 0 saturated heterocycles. The zero-order chi connectivity index (χ0) is 17.5. The molecule has 0 aromatic rings. The van der Waals surface area contributed by atoms with Crippen LogP contribution in [0.2, 0.25) is 0 Å². The van der Waals surface area contributed by atoms with E-state index < -0.39 is 17.8 Å². The number of carbonyl (C=O) groups excluding carboxylic acids is 1. The van der Waals surface area contributed by atoms with Crippen molar-refractivity contribution in [2.24, 2.45) is 11.8 Å². The van der Waals surface area contributed by atoms with Crippen LogP contribution in [-0.4, -0.2) is 28.9 Å². The highest BCUT2D eigenvalue weighted by Crippen LogP contribution is 2.28. The molecule has 0 radical (unpaired) electrons. The van der Waals surface area contributed by atoms with Gasteiger partial charge in [-0.1, -0.05) is 57.8 Å². The minimum Gasteiger partial charge on any atom is -0.444 e. The van der Waals surface area contributed by atoms with Crippen molar-refractivity contribution < 1.29 is 14.6 Å². The second-order valence-corrected chi connectivity index (χ2v) is 7.88. The van der Waals surface area contributed by atoms with E-state index in [1.807, 2.05) is 34.6 Å². The molecule has 0 bridgehead atoms. The number of nitrogens with one attached hydrogen (secondary N) is 1. The number of carbonyl (C=O) groups is 1. The van der Waals surface area contributed by atoms with Gasteiger partial charge in [-0.25, -0.2) is 4.79 Å². The predicted octanol–water partition coefficient (Wildman–Crippen LogP) is 3.87. The standard InChI is InChI=1S/C19H33NO3/c1-14(2)11-12-17(21)16(13-15-9-7-6-8-10-15)20-18(22)23-19(3,4)5/h14-17,21H,6-10,13H2,1-5H3,(H,20,22). The van der Waals surface area contributed by atoms with Gasteiger partial charge in [0.05, 0.1) is 6.04 Å². The van der Waals surface area contributed by atoms with Crippen LogP contribution in [0.25, 0.3) is 0 Å². The van der Waals surface area contributed by atoms with Crippen LogP contribution in [-0.2, 0) is 4.74 Å². The average Bonchev–Trinajstić information content (AvgIpc) is 2.43. The van der Waals surface area contributed by atoms with Gasteiger partial charge in [-0.05, 0) is 33.1 Å². The lowest BCUT2D eigenvalue weighted by atomic mass is 9.83. The van der Waals surface area contributed by atoms with Gasteiger partial charge < -0.3 is 15.2 Å². The molecule has 1 rings (SSSR count). The van der Waals surface area contributed by atoms with E-state index in [0.29, 0.717) is 5.92 Å². The lowest BCUT2D eigenvalue weighted by Crippen LogP contribution is -2.46. The monoisotopic (exact) mass is 323 g/mol. The number of hydrogen-bond donors (Lipinski definition) is 2. The van der Waals surface area contributed by atoms with Gasteiger partial charge in [-0.3, -0.25) is 0 Å². The summed E-state index contributed by atoms with van der Waals surface area (Å²) >= 11 is 0. The first kappa shape index (κ1) is 19.8. The van der Waals surface area contributed by atoms with Crippen LogP contribution in [0.4, 0.5) is 4.79 Å². The van der Waals surface area contributed by atoms with Crippen LogP contribution in [0.3, 0.4) is 0 Å². The molecule has 0 aromatic heterocycles. The molecular formula is C19H33NO3. The van der Waals surface area contributed by atoms with E-state index in [2.05, 4.69) is 17.2 Å². The third-order valence-electron chi connectivity index (χ3n) is 3.92. The largest absolute Gasteiger partial charge is 0.444 e. The van der Waals surface area contributed by atoms with E-state index in [0.717, 1.165) is 19.3 Å². The molecule has 4 heteroatoms. The number of ether oxygens (including phenoxy) is 1. The molecular weight excluding hydrogens is 290 g/mol. The highest BCUT2D eigenvalue weighted by atomic mass is 16.6. The van der Waals surface area contributed by atoms with E-state index in [-0.39, 0.29) is 12.0 Å². The number of aliphatic hydroxyl groups excluding tert-OH is 1. The second kappa shape index (κ2) is 9.17. The highest BCUT2D eigenvalue weighted by molar-refractivity contribution is 5.68. The molecule has 23 heavy (non-hydrogen) atoms. The summed E-state index contributed by atoms with van der Waals surface area (Å²) in [6.07, 6.45) is 5.50. The van der Waals surface area contributed by atoms with Crippen LogP contribution in [0.1, 0.15) is 73.1 Å². The normalized spacial score (nSPS) is 18.7. The summed E-state index contributed by atoms with van der Waals surface area (Å²) in [6, 6.07) is -0.376. The molecule has 0 aromatic carbocycles. The van der Waals surface area contributed by atoms with Gasteiger partial charge in [0.25, 0.3) is 0 Å². The average molecular weight is 323 g/mol. The summed E-state index contributed by atoms with van der Waals surface area (Å²) in [5.41, 5.74) is -0.548. The first-order chi connectivity index (χ1) is 10.7. The van der Waals surface area contributed by atoms with Gasteiger partial charge in [0.1, 0.15) is 11.7 Å².